The van der Waals surface area contributed by atoms with E-state index in [9.17, 15) is 19.7 Å². The summed E-state index contributed by atoms with van der Waals surface area (Å²) in [6.45, 7) is 0. The van der Waals surface area contributed by atoms with Crippen LogP contribution < -0.4 is 20.9 Å². The summed E-state index contributed by atoms with van der Waals surface area (Å²) in [6, 6.07) is 8.34. The van der Waals surface area contributed by atoms with E-state index in [1.807, 2.05) is 0 Å². The Labute approximate surface area is 153 Å². The van der Waals surface area contributed by atoms with E-state index in [2.05, 4.69) is 16.2 Å². The molecule has 0 bridgehead atoms. The van der Waals surface area contributed by atoms with Crippen molar-refractivity contribution in [3.05, 3.63) is 62.7 Å². The SMILES string of the molecule is CNc1ccc(C(=O)NNC(=O)c2cc(Cl)ccc2OC)cc1[N+](=O)[O-]. The van der Waals surface area contributed by atoms with E-state index in [4.69, 9.17) is 16.3 Å². The number of nitrogens with zero attached hydrogens (tertiary/aromatic N) is 1. The highest BCUT2D eigenvalue weighted by atomic mass is 35.5. The highest BCUT2D eigenvalue weighted by Crippen LogP contribution is 2.25. The summed E-state index contributed by atoms with van der Waals surface area (Å²) in [7, 11) is 2.92. The molecule has 0 unspecified atom stereocenters. The average molecular weight is 379 g/mol. The van der Waals surface area contributed by atoms with Crippen LogP contribution in [0.3, 0.4) is 0 Å². The number of nitro benzene ring substituents is 1. The van der Waals surface area contributed by atoms with Crippen LogP contribution in [0, 0.1) is 10.1 Å². The maximum absolute atomic E-state index is 12.2. The third-order valence-corrected chi connectivity index (χ3v) is 3.66. The van der Waals surface area contributed by atoms with Crippen LogP contribution in [0.25, 0.3) is 0 Å². The summed E-state index contributed by atoms with van der Waals surface area (Å²) in [4.78, 5) is 34.8. The van der Waals surface area contributed by atoms with Gasteiger partial charge in [0.15, 0.2) is 0 Å². The molecule has 0 atom stereocenters. The number of amides is 2. The molecule has 0 aliphatic carbocycles. The molecule has 2 amide bonds. The van der Waals surface area contributed by atoms with Gasteiger partial charge in [0, 0.05) is 23.7 Å². The first-order valence-corrected chi connectivity index (χ1v) is 7.65. The van der Waals surface area contributed by atoms with Gasteiger partial charge in [0.25, 0.3) is 17.5 Å². The van der Waals surface area contributed by atoms with Crippen molar-refractivity contribution in [3.63, 3.8) is 0 Å². The number of carbonyl (C=O) groups is 2. The van der Waals surface area contributed by atoms with Gasteiger partial charge < -0.3 is 10.1 Å². The summed E-state index contributed by atoms with van der Waals surface area (Å²) in [6.07, 6.45) is 0. The summed E-state index contributed by atoms with van der Waals surface area (Å²) < 4.78 is 5.07. The van der Waals surface area contributed by atoms with Gasteiger partial charge in [-0.25, -0.2) is 0 Å². The van der Waals surface area contributed by atoms with Crippen molar-refractivity contribution in [2.45, 2.75) is 0 Å². The number of methoxy groups -OCH3 is 1. The van der Waals surface area contributed by atoms with Gasteiger partial charge >= 0.3 is 0 Å². The van der Waals surface area contributed by atoms with E-state index in [1.165, 1.54) is 38.4 Å². The fraction of sp³-hybridized carbons (Fsp3) is 0.125. The van der Waals surface area contributed by atoms with E-state index in [-0.39, 0.29) is 28.3 Å². The monoisotopic (exact) mass is 378 g/mol. The molecule has 2 rings (SSSR count). The van der Waals surface area contributed by atoms with Crippen molar-refractivity contribution in [1.82, 2.24) is 10.9 Å². The van der Waals surface area contributed by atoms with Crippen molar-refractivity contribution in [2.24, 2.45) is 0 Å². The van der Waals surface area contributed by atoms with Crippen molar-refractivity contribution < 1.29 is 19.2 Å². The number of hydrogen-bond acceptors (Lipinski definition) is 6. The quantitative estimate of drug-likeness (QED) is 0.542. The number of benzene rings is 2. The van der Waals surface area contributed by atoms with Crippen LogP contribution in [0.15, 0.2) is 36.4 Å². The molecule has 0 saturated carbocycles. The number of rotatable bonds is 5. The highest BCUT2D eigenvalue weighted by molar-refractivity contribution is 6.31. The molecule has 0 aliphatic heterocycles. The second-order valence-electron chi connectivity index (χ2n) is 4.99. The molecule has 2 aromatic carbocycles. The second kappa shape index (κ2) is 8.17. The van der Waals surface area contributed by atoms with E-state index in [0.29, 0.717) is 5.02 Å². The number of halogens is 1. The van der Waals surface area contributed by atoms with Crippen molar-refractivity contribution in [2.75, 3.05) is 19.5 Å². The summed E-state index contributed by atoms with van der Waals surface area (Å²) in [5.74, 6) is -1.10. The minimum absolute atomic E-state index is 0.00839. The summed E-state index contributed by atoms with van der Waals surface area (Å²) in [5.41, 5.74) is 4.54. The second-order valence-corrected chi connectivity index (χ2v) is 5.43. The maximum Gasteiger partial charge on any atom is 0.293 e. The standard InChI is InChI=1S/C16H15ClN4O5/c1-18-12-5-3-9(7-13(12)21(24)25)15(22)19-20-16(23)11-8-10(17)4-6-14(11)26-2/h3-8,18H,1-2H3,(H,19,22)(H,20,23). The van der Waals surface area contributed by atoms with Gasteiger partial charge in [-0.15, -0.1) is 0 Å². The number of hydrazine groups is 1. The van der Waals surface area contributed by atoms with Crippen LogP contribution in [-0.2, 0) is 0 Å². The normalized spacial score (nSPS) is 9.96. The van der Waals surface area contributed by atoms with Gasteiger partial charge in [0.2, 0.25) is 0 Å². The molecule has 3 N–H and O–H groups in total. The Bertz CT molecular complexity index is 872. The lowest BCUT2D eigenvalue weighted by molar-refractivity contribution is -0.384. The zero-order valence-electron chi connectivity index (χ0n) is 13.8. The van der Waals surface area contributed by atoms with Crippen LogP contribution in [-0.4, -0.2) is 30.9 Å². The molecule has 2 aromatic rings. The Kier molecular flexibility index (Phi) is 5.97. The first-order chi connectivity index (χ1) is 12.4. The van der Waals surface area contributed by atoms with Crippen LogP contribution in [0.5, 0.6) is 5.75 Å². The minimum Gasteiger partial charge on any atom is -0.496 e. The number of carbonyl (C=O) groups excluding carboxylic acids is 2. The molecule has 136 valence electrons. The number of nitrogens with one attached hydrogen (secondary N) is 3. The maximum atomic E-state index is 12.2. The largest absolute Gasteiger partial charge is 0.496 e. The molecule has 0 fully saturated rings. The molecule has 0 radical (unpaired) electrons. The predicted octanol–water partition coefficient (Wildman–Crippen LogP) is 2.37. The average Bonchev–Trinajstić information content (AvgIpc) is 2.65. The smallest absolute Gasteiger partial charge is 0.293 e. The third-order valence-electron chi connectivity index (χ3n) is 3.42. The first kappa shape index (κ1) is 19.0. The van der Waals surface area contributed by atoms with Crippen molar-refractivity contribution in [3.8, 4) is 5.75 Å². The lowest BCUT2D eigenvalue weighted by atomic mass is 10.1. The topological polar surface area (TPSA) is 123 Å². The minimum atomic E-state index is -0.718. The Morgan fingerprint density at radius 3 is 2.42 bits per heavy atom. The summed E-state index contributed by atoms with van der Waals surface area (Å²) >= 11 is 5.86. The van der Waals surface area contributed by atoms with E-state index >= 15 is 0 Å². The Morgan fingerprint density at radius 2 is 1.81 bits per heavy atom. The zero-order chi connectivity index (χ0) is 19.3. The molecule has 0 aliphatic rings. The van der Waals surface area contributed by atoms with Crippen LogP contribution >= 0.6 is 11.6 Å². The number of hydrogen-bond donors (Lipinski definition) is 3. The zero-order valence-corrected chi connectivity index (χ0v) is 14.6. The lowest BCUT2D eigenvalue weighted by Gasteiger charge is -2.11. The van der Waals surface area contributed by atoms with Crippen molar-refractivity contribution in [1.29, 1.82) is 0 Å². The van der Waals surface area contributed by atoms with Gasteiger partial charge in [-0.3, -0.25) is 30.6 Å². The highest BCUT2D eigenvalue weighted by Gasteiger charge is 2.18. The van der Waals surface area contributed by atoms with E-state index in [1.54, 1.807) is 6.07 Å². The van der Waals surface area contributed by atoms with Gasteiger partial charge in [-0.2, -0.15) is 0 Å². The summed E-state index contributed by atoms with van der Waals surface area (Å²) in [5, 5.41) is 14.0. The van der Waals surface area contributed by atoms with E-state index in [0.717, 1.165) is 6.07 Å². The molecule has 26 heavy (non-hydrogen) atoms. The molecule has 0 spiro atoms. The molecule has 0 saturated heterocycles. The molecule has 0 heterocycles. The van der Waals surface area contributed by atoms with Gasteiger partial charge in [-0.05, 0) is 30.3 Å². The van der Waals surface area contributed by atoms with Crippen molar-refractivity contribution >= 4 is 34.8 Å². The number of anilines is 1. The molecular formula is C16H15ClN4O5. The lowest BCUT2D eigenvalue weighted by Crippen LogP contribution is -2.41. The van der Waals surface area contributed by atoms with Crippen LogP contribution in [0.1, 0.15) is 20.7 Å². The number of nitro groups is 1. The number of ether oxygens (including phenoxy) is 1. The fourth-order valence-electron chi connectivity index (χ4n) is 2.15. The third kappa shape index (κ3) is 4.19. The van der Waals surface area contributed by atoms with Crippen LogP contribution in [0.2, 0.25) is 5.02 Å². The van der Waals surface area contributed by atoms with Gasteiger partial charge in [0.1, 0.15) is 11.4 Å². The fourth-order valence-corrected chi connectivity index (χ4v) is 2.32. The van der Waals surface area contributed by atoms with E-state index < -0.39 is 16.7 Å². The Hall–Kier alpha value is -3.33. The first-order valence-electron chi connectivity index (χ1n) is 7.27. The van der Waals surface area contributed by atoms with Gasteiger partial charge in [0.05, 0.1) is 17.6 Å². The van der Waals surface area contributed by atoms with Crippen LogP contribution in [0.4, 0.5) is 11.4 Å². The Balaban J connectivity index is 2.14. The molecule has 10 heteroatoms. The molecular weight excluding hydrogens is 364 g/mol. The molecule has 0 aromatic heterocycles. The predicted molar refractivity (Wildman–Crippen MR) is 95.6 cm³/mol. The van der Waals surface area contributed by atoms with Gasteiger partial charge in [-0.1, -0.05) is 11.6 Å². The molecule has 9 nitrogen and oxygen atoms in total. The Morgan fingerprint density at radius 1 is 1.12 bits per heavy atom.